The van der Waals surface area contributed by atoms with Gasteiger partial charge < -0.3 is 29.3 Å². The van der Waals surface area contributed by atoms with E-state index in [1.807, 2.05) is 65.6 Å². The molecule has 0 bridgehead atoms. The number of methoxy groups -OCH3 is 1. The number of aliphatic hydroxyl groups is 1. The number of anilines is 1. The second kappa shape index (κ2) is 17.7. The Morgan fingerprint density at radius 1 is 0.817 bits per heavy atom. The smallest absolute Gasteiger partial charge is 0.421 e. The summed E-state index contributed by atoms with van der Waals surface area (Å²) in [5.41, 5.74) is 1.12. The van der Waals surface area contributed by atoms with Crippen molar-refractivity contribution in [2.24, 2.45) is 5.92 Å². The molecule has 4 aliphatic heterocycles. The second-order valence-electron chi connectivity index (χ2n) is 15.7. The number of hydrogen-bond donors (Lipinski definition) is 2. The number of fused-ring (bicyclic) bond motifs is 3. The first-order valence-corrected chi connectivity index (χ1v) is 20.7. The van der Waals surface area contributed by atoms with Crippen molar-refractivity contribution in [3.63, 3.8) is 0 Å². The van der Waals surface area contributed by atoms with Gasteiger partial charge >= 0.3 is 12.1 Å². The maximum atomic E-state index is 16.2. The van der Waals surface area contributed by atoms with Crippen molar-refractivity contribution in [1.82, 2.24) is 9.80 Å². The highest BCUT2D eigenvalue weighted by molar-refractivity contribution is 6.23. The molecule has 4 heterocycles. The average Bonchev–Trinajstić information content (AvgIpc) is 3.70. The number of morpholine rings is 1. The molecule has 0 radical (unpaired) electrons. The Morgan fingerprint density at radius 3 is 2.15 bits per heavy atom. The number of nitrogens with zero attached hydrogens (tertiary/aromatic N) is 3. The maximum absolute atomic E-state index is 16.2. The van der Waals surface area contributed by atoms with Crippen LogP contribution >= 0.6 is 0 Å². The van der Waals surface area contributed by atoms with Crippen molar-refractivity contribution in [3.8, 4) is 17.6 Å². The normalized spacial score (nSPS) is 25.1. The van der Waals surface area contributed by atoms with Gasteiger partial charge in [-0.1, -0.05) is 104 Å². The fourth-order valence-corrected chi connectivity index (χ4v) is 9.76. The number of aromatic hydroxyl groups is 1. The van der Waals surface area contributed by atoms with E-state index in [4.69, 9.17) is 14.2 Å². The van der Waals surface area contributed by atoms with Crippen LogP contribution in [0.1, 0.15) is 84.5 Å². The van der Waals surface area contributed by atoms with Gasteiger partial charge in [0.25, 0.3) is 0 Å². The van der Waals surface area contributed by atoms with Crippen LogP contribution in [0.2, 0.25) is 0 Å². The number of benzene rings is 4. The monoisotopic (exact) mass is 811 g/mol. The van der Waals surface area contributed by atoms with Crippen molar-refractivity contribution >= 4 is 29.6 Å². The quantitative estimate of drug-likeness (QED) is 0.117. The molecule has 310 valence electrons. The number of ether oxygens (including phenoxy) is 3. The van der Waals surface area contributed by atoms with E-state index in [2.05, 4.69) is 11.8 Å². The van der Waals surface area contributed by atoms with E-state index in [1.165, 1.54) is 19.2 Å². The Kier molecular flexibility index (Phi) is 12.0. The standard InChI is InChI=1S/C48H49N3O9/c1-58-29-30-59-47(57)50-38-25-20-32(15-11-14-28-52)31-37(38)48(46(50)56)39(44(54)49-26-12-3-2-4-13-27-49)41-45(55)60-42(34-18-9-6-10-19-34)40(33-16-7-5-8-17-33)51(41)43(48)35-21-23-36(53)24-22-35/h5-10,16-25,31,39-43,52-53H,2-4,12-14,26-30H2,1H3/t39-,40-,41-,42+,43+,48-/m0/s1. The zero-order chi connectivity index (χ0) is 41.8. The molecule has 1 spiro atoms. The number of phenols is 1. The fourth-order valence-electron chi connectivity index (χ4n) is 9.76. The van der Waals surface area contributed by atoms with Gasteiger partial charge in [0.05, 0.1) is 36.9 Å². The SMILES string of the molecule is COCCOC(=O)N1C(=O)[C@@]2(c3cc(C#CCCO)ccc31)[C@H](C(=O)N1CCCCCCC1)[C@H]1C(=O)O[C@H](c3ccccc3)[C@H](c3ccccc3)N1[C@@H]2c1ccc(O)cc1. The lowest BCUT2D eigenvalue weighted by Gasteiger charge is -2.46. The van der Waals surface area contributed by atoms with Crippen molar-refractivity contribution in [2.75, 3.05) is 44.9 Å². The topological polar surface area (TPSA) is 146 Å². The van der Waals surface area contributed by atoms with Gasteiger partial charge in [0.2, 0.25) is 11.8 Å². The Labute approximate surface area is 349 Å². The van der Waals surface area contributed by atoms with Crippen LogP contribution in [0.3, 0.4) is 0 Å². The molecule has 0 aromatic heterocycles. The van der Waals surface area contributed by atoms with Gasteiger partial charge in [-0.3, -0.25) is 19.3 Å². The van der Waals surface area contributed by atoms with E-state index in [0.29, 0.717) is 29.8 Å². The minimum Gasteiger partial charge on any atom is -0.508 e. The van der Waals surface area contributed by atoms with E-state index in [9.17, 15) is 15.0 Å². The van der Waals surface area contributed by atoms with Crippen LogP contribution in [0, 0.1) is 17.8 Å². The summed E-state index contributed by atoms with van der Waals surface area (Å²) in [4.78, 5) is 66.4. The Balaban J connectivity index is 1.46. The van der Waals surface area contributed by atoms with Crippen molar-refractivity contribution in [2.45, 2.75) is 68.2 Å². The number of carbonyl (C=O) groups is 4. The van der Waals surface area contributed by atoms with Crippen LogP contribution in [0.5, 0.6) is 5.75 Å². The number of imide groups is 1. The predicted molar refractivity (Wildman–Crippen MR) is 221 cm³/mol. The molecular weight excluding hydrogens is 763 g/mol. The molecule has 2 N–H and O–H groups in total. The molecule has 0 saturated carbocycles. The highest BCUT2D eigenvalue weighted by atomic mass is 16.6. The molecule has 12 nitrogen and oxygen atoms in total. The van der Waals surface area contributed by atoms with Gasteiger partial charge in [-0.25, -0.2) is 9.69 Å². The van der Waals surface area contributed by atoms with Crippen LogP contribution in [0.4, 0.5) is 10.5 Å². The first kappa shape index (κ1) is 40.8. The molecule has 60 heavy (non-hydrogen) atoms. The molecule has 0 unspecified atom stereocenters. The molecule has 6 atom stereocenters. The van der Waals surface area contributed by atoms with E-state index >= 15 is 14.4 Å². The zero-order valence-electron chi connectivity index (χ0n) is 33.6. The Bertz CT molecular complexity index is 2270. The number of hydrogen-bond acceptors (Lipinski definition) is 10. The molecule has 4 aromatic rings. The highest BCUT2D eigenvalue weighted by Crippen LogP contribution is 2.66. The minimum atomic E-state index is -1.94. The van der Waals surface area contributed by atoms with Crippen molar-refractivity contribution in [1.29, 1.82) is 0 Å². The number of rotatable bonds is 8. The lowest BCUT2D eigenvalue weighted by Crippen LogP contribution is -2.56. The summed E-state index contributed by atoms with van der Waals surface area (Å²) in [6.45, 7) is 0.655. The summed E-state index contributed by atoms with van der Waals surface area (Å²) in [5.74, 6) is 2.87. The number of carbonyl (C=O) groups excluding carboxylic acids is 4. The zero-order valence-corrected chi connectivity index (χ0v) is 33.6. The molecular formula is C48H49N3O9. The van der Waals surface area contributed by atoms with Gasteiger partial charge in [0.1, 0.15) is 29.9 Å². The minimum absolute atomic E-state index is 0.0154. The number of phenolic OH excluding ortho intramolecular Hbond substituents is 1. The molecule has 3 saturated heterocycles. The summed E-state index contributed by atoms with van der Waals surface area (Å²) in [6, 6.07) is 27.4. The molecule has 0 aliphatic carbocycles. The molecule has 3 fully saturated rings. The van der Waals surface area contributed by atoms with Crippen molar-refractivity contribution < 1.29 is 43.6 Å². The lowest BCUT2D eigenvalue weighted by molar-refractivity contribution is -0.179. The van der Waals surface area contributed by atoms with E-state index in [1.54, 1.807) is 35.2 Å². The molecule has 3 amide bonds. The highest BCUT2D eigenvalue weighted by Gasteiger charge is 2.76. The number of cyclic esters (lactones) is 1. The molecule has 8 rings (SSSR count). The van der Waals surface area contributed by atoms with Crippen LogP contribution < -0.4 is 4.90 Å². The van der Waals surface area contributed by atoms with Gasteiger partial charge in [0, 0.05) is 32.2 Å². The largest absolute Gasteiger partial charge is 0.508 e. The number of esters is 1. The van der Waals surface area contributed by atoms with Crippen LogP contribution in [0.25, 0.3) is 0 Å². The first-order chi connectivity index (χ1) is 29.3. The second-order valence-corrected chi connectivity index (χ2v) is 15.7. The summed E-state index contributed by atoms with van der Waals surface area (Å²) in [7, 11) is 1.47. The van der Waals surface area contributed by atoms with E-state index in [0.717, 1.165) is 48.1 Å². The van der Waals surface area contributed by atoms with E-state index < -0.39 is 53.5 Å². The third-order valence-electron chi connectivity index (χ3n) is 12.3. The molecule has 12 heteroatoms. The number of amides is 3. The third-order valence-corrected chi connectivity index (χ3v) is 12.3. The average molecular weight is 812 g/mol. The van der Waals surface area contributed by atoms with Crippen molar-refractivity contribution in [3.05, 3.63) is 131 Å². The van der Waals surface area contributed by atoms with E-state index in [-0.39, 0.29) is 43.6 Å². The third kappa shape index (κ3) is 7.21. The number of aliphatic hydroxyl groups excluding tert-OH is 1. The first-order valence-electron chi connectivity index (χ1n) is 20.7. The summed E-state index contributed by atoms with van der Waals surface area (Å²) in [5, 5.41) is 20.2. The van der Waals surface area contributed by atoms with Gasteiger partial charge in [-0.05, 0) is 65.4 Å². The Hall–Kier alpha value is -6.00. The number of likely N-dealkylation sites (tertiary alicyclic amines) is 1. The molecule has 4 aromatic carbocycles. The Morgan fingerprint density at radius 2 is 1.48 bits per heavy atom. The van der Waals surface area contributed by atoms with Crippen LogP contribution in [-0.2, 0) is 34.0 Å². The fraction of sp³-hybridized carbons (Fsp3) is 0.375. The lowest BCUT2D eigenvalue weighted by atomic mass is 9.64. The van der Waals surface area contributed by atoms with Crippen LogP contribution in [-0.4, -0.2) is 90.0 Å². The maximum Gasteiger partial charge on any atom is 0.421 e. The van der Waals surface area contributed by atoms with Gasteiger partial charge in [-0.2, -0.15) is 0 Å². The predicted octanol–water partition coefficient (Wildman–Crippen LogP) is 6.37. The molecule has 4 aliphatic rings. The summed E-state index contributed by atoms with van der Waals surface area (Å²) >= 11 is 0. The van der Waals surface area contributed by atoms with Gasteiger partial charge in [0.15, 0.2) is 0 Å². The van der Waals surface area contributed by atoms with Crippen LogP contribution in [0.15, 0.2) is 103 Å². The van der Waals surface area contributed by atoms with Gasteiger partial charge in [-0.15, -0.1) is 0 Å². The summed E-state index contributed by atoms with van der Waals surface area (Å²) in [6.07, 6.45) is 2.79. The summed E-state index contributed by atoms with van der Waals surface area (Å²) < 4.78 is 17.4.